The first-order valence-corrected chi connectivity index (χ1v) is 9.64. The summed E-state index contributed by atoms with van der Waals surface area (Å²) in [4.78, 5) is 17.9. The fraction of sp³-hybridized carbons (Fsp3) is 0.182. The molecule has 2 aromatic heterocycles. The van der Waals surface area contributed by atoms with Crippen molar-refractivity contribution in [1.29, 1.82) is 0 Å². The molecule has 1 N–H and O–H groups in total. The number of aromatic nitrogens is 4. The molecular formula is C22H19F2N5O3. The number of carbonyl (C=O) groups is 1. The van der Waals surface area contributed by atoms with E-state index in [1.807, 2.05) is 30.3 Å². The summed E-state index contributed by atoms with van der Waals surface area (Å²) in [6.45, 7) is -0.553. The van der Waals surface area contributed by atoms with Crippen molar-refractivity contribution in [1.82, 2.24) is 24.8 Å². The van der Waals surface area contributed by atoms with E-state index >= 15 is 0 Å². The smallest absolute Gasteiger partial charge is 0.275 e. The quantitative estimate of drug-likeness (QED) is 0.476. The van der Waals surface area contributed by atoms with Crippen molar-refractivity contribution >= 4 is 5.91 Å². The maximum Gasteiger partial charge on any atom is 0.275 e. The molecule has 1 atom stereocenters. The van der Waals surface area contributed by atoms with Gasteiger partial charge in [0.05, 0.1) is 13.1 Å². The van der Waals surface area contributed by atoms with Crippen molar-refractivity contribution in [3.8, 4) is 11.3 Å². The number of carbonyl (C=O) groups excluding carboxylic acids is 1. The van der Waals surface area contributed by atoms with Crippen LogP contribution in [-0.2, 0) is 12.1 Å². The van der Waals surface area contributed by atoms with Crippen molar-refractivity contribution in [2.75, 3.05) is 13.6 Å². The molecule has 0 aliphatic carbocycles. The number of aliphatic hydroxyl groups is 1. The molecule has 0 bridgehead atoms. The van der Waals surface area contributed by atoms with Gasteiger partial charge < -0.3 is 14.5 Å². The van der Waals surface area contributed by atoms with Crippen molar-refractivity contribution in [2.24, 2.45) is 0 Å². The first kappa shape index (κ1) is 21.3. The molecule has 0 saturated heterocycles. The molecule has 2 aromatic carbocycles. The number of amides is 1. The monoisotopic (exact) mass is 439 g/mol. The Morgan fingerprint density at radius 1 is 1.19 bits per heavy atom. The zero-order valence-electron chi connectivity index (χ0n) is 17.0. The van der Waals surface area contributed by atoms with Crippen LogP contribution in [-0.4, -0.2) is 49.4 Å². The van der Waals surface area contributed by atoms with E-state index in [9.17, 15) is 18.7 Å². The van der Waals surface area contributed by atoms with Gasteiger partial charge in [-0.05, 0) is 6.07 Å². The Morgan fingerprint density at radius 2 is 1.97 bits per heavy atom. The Hall–Kier alpha value is -3.92. The van der Waals surface area contributed by atoms with Gasteiger partial charge in [0.15, 0.2) is 11.5 Å². The topological polar surface area (TPSA) is 97.3 Å². The summed E-state index contributed by atoms with van der Waals surface area (Å²) in [5, 5.41) is 19.1. The molecule has 0 fully saturated rings. The molecule has 8 nitrogen and oxygen atoms in total. The van der Waals surface area contributed by atoms with Crippen molar-refractivity contribution < 1.29 is 23.2 Å². The second-order valence-electron chi connectivity index (χ2n) is 7.35. The molecule has 0 radical (unpaired) electrons. The molecule has 32 heavy (non-hydrogen) atoms. The van der Waals surface area contributed by atoms with Crippen LogP contribution in [0.5, 0.6) is 0 Å². The lowest BCUT2D eigenvalue weighted by molar-refractivity contribution is -0.0131. The highest BCUT2D eigenvalue weighted by Gasteiger charge is 2.36. The molecule has 2 heterocycles. The van der Waals surface area contributed by atoms with Gasteiger partial charge in [0.1, 0.15) is 29.9 Å². The van der Waals surface area contributed by atoms with Crippen LogP contribution in [0.15, 0.2) is 71.8 Å². The van der Waals surface area contributed by atoms with Gasteiger partial charge in [-0.1, -0.05) is 41.6 Å². The molecule has 0 spiro atoms. The van der Waals surface area contributed by atoms with Crippen molar-refractivity contribution in [3.63, 3.8) is 0 Å². The van der Waals surface area contributed by atoms with Crippen molar-refractivity contribution in [3.05, 3.63) is 90.1 Å². The second-order valence-corrected chi connectivity index (χ2v) is 7.35. The molecule has 0 aliphatic heterocycles. The second kappa shape index (κ2) is 8.67. The number of halogens is 2. The van der Waals surface area contributed by atoms with Crippen LogP contribution < -0.4 is 0 Å². The molecular weight excluding hydrogens is 420 g/mol. The number of nitrogens with zero attached hydrogens (tertiary/aromatic N) is 5. The maximum atomic E-state index is 14.6. The van der Waals surface area contributed by atoms with E-state index in [4.69, 9.17) is 4.52 Å². The van der Waals surface area contributed by atoms with Crippen LogP contribution in [0.4, 0.5) is 8.78 Å². The van der Waals surface area contributed by atoms with Gasteiger partial charge in [-0.25, -0.2) is 18.4 Å². The zero-order chi connectivity index (χ0) is 22.7. The number of hydrogen-bond acceptors (Lipinski definition) is 6. The Bertz CT molecular complexity index is 1210. The Morgan fingerprint density at radius 3 is 2.66 bits per heavy atom. The van der Waals surface area contributed by atoms with E-state index in [-0.39, 0.29) is 24.3 Å². The van der Waals surface area contributed by atoms with E-state index in [1.165, 1.54) is 35.4 Å². The summed E-state index contributed by atoms with van der Waals surface area (Å²) in [5.41, 5.74) is -1.34. The summed E-state index contributed by atoms with van der Waals surface area (Å²) in [5.74, 6) is -1.86. The predicted octanol–water partition coefficient (Wildman–Crippen LogP) is 2.87. The minimum atomic E-state index is -1.93. The molecule has 0 aliphatic rings. The lowest BCUT2D eigenvalue weighted by atomic mass is 9.92. The van der Waals surface area contributed by atoms with Crippen LogP contribution in [0.2, 0.25) is 0 Å². The standard InChI is InChI=1S/C22H19F2N5O3/c1-28(21(30)19-10-20(32-27-19)15-5-3-2-4-6-15)11-22(31,12-29-14-25-13-26-29)17-8-7-16(23)9-18(17)24/h2-10,13-14,31H,11-12H2,1H3. The average molecular weight is 439 g/mol. The molecule has 1 unspecified atom stereocenters. The fourth-order valence-corrected chi connectivity index (χ4v) is 3.44. The van der Waals surface area contributed by atoms with E-state index in [0.29, 0.717) is 11.8 Å². The first-order valence-electron chi connectivity index (χ1n) is 9.64. The van der Waals surface area contributed by atoms with E-state index in [2.05, 4.69) is 15.2 Å². The van der Waals surface area contributed by atoms with Gasteiger partial charge in [-0.15, -0.1) is 0 Å². The summed E-state index contributed by atoms with van der Waals surface area (Å²) >= 11 is 0. The van der Waals surface area contributed by atoms with Crippen LogP contribution >= 0.6 is 0 Å². The number of likely N-dealkylation sites (N-methyl/N-ethyl adjacent to an activating group) is 1. The van der Waals surface area contributed by atoms with Crippen LogP contribution in [0.3, 0.4) is 0 Å². The molecule has 4 rings (SSSR count). The maximum absolute atomic E-state index is 14.6. The molecule has 10 heteroatoms. The fourth-order valence-electron chi connectivity index (χ4n) is 3.44. The van der Waals surface area contributed by atoms with Crippen LogP contribution in [0.25, 0.3) is 11.3 Å². The lowest BCUT2D eigenvalue weighted by Crippen LogP contribution is -2.45. The summed E-state index contributed by atoms with van der Waals surface area (Å²) in [7, 11) is 1.44. The number of rotatable bonds is 7. The van der Waals surface area contributed by atoms with Crippen LogP contribution in [0, 0.1) is 11.6 Å². The molecule has 0 saturated carbocycles. The van der Waals surface area contributed by atoms with Gasteiger partial charge in [0.2, 0.25) is 0 Å². The predicted molar refractivity (Wildman–Crippen MR) is 109 cm³/mol. The third-order valence-electron chi connectivity index (χ3n) is 4.96. The highest BCUT2D eigenvalue weighted by Crippen LogP contribution is 2.28. The number of hydrogen-bond donors (Lipinski definition) is 1. The summed E-state index contributed by atoms with van der Waals surface area (Å²) in [6.07, 6.45) is 2.61. The Balaban J connectivity index is 1.60. The van der Waals surface area contributed by atoms with E-state index < -0.39 is 23.1 Å². The minimum Gasteiger partial charge on any atom is -0.381 e. The normalized spacial score (nSPS) is 13.0. The largest absolute Gasteiger partial charge is 0.381 e. The molecule has 164 valence electrons. The summed E-state index contributed by atoms with van der Waals surface area (Å²) < 4.78 is 34.6. The van der Waals surface area contributed by atoms with Gasteiger partial charge in [0.25, 0.3) is 5.91 Å². The molecule has 1 amide bonds. The molecule has 4 aromatic rings. The Kier molecular flexibility index (Phi) is 5.78. The minimum absolute atomic E-state index is 0.0223. The SMILES string of the molecule is CN(CC(O)(Cn1cncn1)c1ccc(F)cc1F)C(=O)c1cc(-c2ccccc2)on1. The summed E-state index contributed by atoms with van der Waals surface area (Å²) in [6, 6.07) is 13.5. The number of benzene rings is 2. The van der Waals surface area contributed by atoms with E-state index in [1.54, 1.807) is 0 Å². The lowest BCUT2D eigenvalue weighted by Gasteiger charge is -2.32. The third-order valence-corrected chi connectivity index (χ3v) is 4.96. The Labute approximate surface area is 181 Å². The average Bonchev–Trinajstić information content (AvgIpc) is 3.45. The van der Waals surface area contributed by atoms with Gasteiger partial charge >= 0.3 is 0 Å². The van der Waals surface area contributed by atoms with E-state index in [0.717, 1.165) is 17.7 Å². The van der Waals surface area contributed by atoms with Gasteiger partial charge in [-0.3, -0.25) is 4.79 Å². The zero-order valence-corrected chi connectivity index (χ0v) is 17.0. The van der Waals surface area contributed by atoms with Crippen molar-refractivity contribution in [2.45, 2.75) is 12.1 Å². The van der Waals surface area contributed by atoms with Crippen LogP contribution in [0.1, 0.15) is 16.1 Å². The first-order chi connectivity index (χ1) is 15.4. The van der Waals surface area contributed by atoms with Gasteiger partial charge in [0, 0.05) is 30.3 Å². The highest BCUT2D eigenvalue weighted by molar-refractivity contribution is 5.93. The van der Waals surface area contributed by atoms with Gasteiger partial charge in [-0.2, -0.15) is 5.10 Å². The third kappa shape index (κ3) is 4.40. The highest BCUT2D eigenvalue weighted by atomic mass is 19.1.